The lowest BCUT2D eigenvalue weighted by Crippen LogP contribution is -2.28. The number of anilines is 2. The van der Waals surface area contributed by atoms with Crippen LogP contribution in [0, 0.1) is 0 Å². The summed E-state index contributed by atoms with van der Waals surface area (Å²) in [7, 11) is 0. The third-order valence-electron chi connectivity index (χ3n) is 9.32. The lowest BCUT2D eigenvalue weighted by atomic mass is 9.91. The molecule has 7 aromatic carbocycles. The molecule has 0 fully saturated rings. The monoisotopic (exact) mass is 547 g/mol. The van der Waals surface area contributed by atoms with Crippen molar-refractivity contribution in [3.63, 3.8) is 0 Å². The van der Waals surface area contributed by atoms with E-state index in [-0.39, 0.29) is 6.04 Å². The summed E-state index contributed by atoms with van der Waals surface area (Å²) in [6, 6.07) is 51.8. The second-order valence-corrected chi connectivity index (χ2v) is 11.7. The zero-order chi connectivity index (χ0) is 28.3. The fourth-order valence-corrected chi connectivity index (χ4v) is 7.31. The molecular formula is C42H29N. The van der Waals surface area contributed by atoms with Gasteiger partial charge in [-0.2, -0.15) is 0 Å². The van der Waals surface area contributed by atoms with Crippen LogP contribution >= 0.6 is 0 Å². The second kappa shape index (κ2) is 9.58. The molecule has 43 heavy (non-hydrogen) atoms. The standard InChI is InChI=1S/C42H29N/c1-2-10-28(11-3-1)33-24-34(26-35(25-33)43-40-16-8-6-14-37(40)38-15-7-9-17-41(38)43)32-23-20-30-19-22-31-21-18-29-12-4-5-13-36(29)42(31)39(30)27-32/h1-27,37,40H. The van der Waals surface area contributed by atoms with Crippen molar-refractivity contribution in [2.75, 3.05) is 4.90 Å². The van der Waals surface area contributed by atoms with Crippen molar-refractivity contribution in [3.05, 3.63) is 169 Å². The van der Waals surface area contributed by atoms with Gasteiger partial charge < -0.3 is 4.90 Å². The number of hydrogen-bond donors (Lipinski definition) is 0. The van der Waals surface area contributed by atoms with Crippen molar-refractivity contribution in [1.29, 1.82) is 0 Å². The first-order valence-electron chi connectivity index (χ1n) is 15.1. The van der Waals surface area contributed by atoms with Crippen molar-refractivity contribution in [1.82, 2.24) is 0 Å². The van der Waals surface area contributed by atoms with Gasteiger partial charge in [0, 0.05) is 17.3 Å². The Labute approximate surface area is 251 Å². The first-order valence-corrected chi connectivity index (χ1v) is 15.1. The number of benzene rings is 7. The Morgan fingerprint density at radius 2 is 1.12 bits per heavy atom. The van der Waals surface area contributed by atoms with Gasteiger partial charge >= 0.3 is 0 Å². The third kappa shape index (κ3) is 3.86. The van der Waals surface area contributed by atoms with Crippen molar-refractivity contribution >= 4 is 43.7 Å². The Kier molecular flexibility index (Phi) is 5.39. The molecule has 0 saturated carbocycles. The van der Waals surface area contributed by atoms with Crippen molar-refractivity contribution in [2.24, 2.45) is 0 Å². The largest absolute Gasteiger partial charge is 0.333 e. The van der Waals surface area contributed by atoms with Crippen LogP contribution in [0.5, 0.6) is 0 Å². The molecule has 0 amide bonds. The van der Waals surface area contributed by atoms with Gasteiger partial charge in [-0.3, -0.25) is 0 Å². The van der Waals surface area contributed by atoms with Crippen LogP contribution in [-0.4, -0.2) is 6.04 Å². The summed E-state index contributed by atoms with van der Waals surface area (Å²) in [5.41, 5.74) is 8.82. The summed E-state index contributed by atoms with van der Waals surface area (Å²) < 4.78 is 0. The quantitative estimate of drug-likeness (QED) is 0.199. The van der Waals surface area contributed by atoms with E-state index < -0.39 is 0 Å². The highest BCUT2D eigenvalue weighted by Gasteiger charge is 2.37. The Morgan fingerprint density at radius 3 is 2.00 bits per heavy atom. The molecule has 0 aromatic heterocycles. The summed E-state index contributed by atoms with van der Waals surface area (Å²) in [6.45, 7) is 0. The molecular weight excluding hydrogens is 518 g/mol. The topological polar surface area (TPSA) is 3.24 Å². The summed E-state index contributed by atoms with van der Waals surface area (Å²) in [6.07, 6.45) is 9.09. The molecule has 0 saturated heterocycles. The number of hydrogen-bond acceptors (Lipinski definition) is 1. The maximum absolute atomic E-state index is 2.54. The van der Waals surface area contributed by atoms with Crippen molar-refractivity contribution < 1.29 is 0 Å². The number of fused-ring (bicyclic) bond motifs is 8. The summed E-state index contributed by atoms with van der Waals surface area (Å²) in [5.74, 6) is 0.352. The minimum atomic E-state index is 0.258. The predicted molar refractivity (Wildman–Crippen MR) is 183 cm³/mol. The van der Waals surface area contributed by atoms with E-state index in [9.17, 15) is 0 Å². The Balaban J connectivity index is 1.29. The average molecular weight is 548 g/mol. The molecule has 0 N–H and O–H groups in total. The molecule has 9 rings (SSSR count). The number of para-hydroxylation sites is 1. The van der Waals surface area contributed by atoms with Crippen LogP contribution in [0.1, 0.15) is 11.5 Å². The fraction of sp³-hybridized carbons (Fsp3) is 0.0476. The van der Waals surface area contributed by atoms with Crippen LogP contribution in [0.4, 0.5) is 11.4 Å². The van der Waals surface area contributed by atoms with Crippen LogP contribution in [0.2, 0.25) is 0 Å². The Hall–Kier alpha value is -5.40. The Bertz CT molecular complexity index is 2250. The molecule has 1 nitrogen and oxygen atoms in total. The average Bonchev–Trinajstić information content (AvgIpc) is 3.42. The van der Waals surface area contributed by atoms with E-state index in [1.807, 2.05) is 0 Å². The molecule has 1 aliphatic heterocycles. The summed E-state index contributed by atoms with van der Waals surface area (Å²) >= 11 is 0. The summed E-state index contributed by atoms with van der Waals surface area (Å²) in [5, 5.41) is 7.75. The van der Waals surface area contributed by atoms with Crippen LogP contribution in [0.15, 0.2) is 164 Å². The molecule has 202 valence electrons. The molecule has 7 aromatic rings. The van der Waals surface area contributed by atoms with E-state index in [4.69, 9.17) is 0 Å². The second-order valence-electron chi connectivity index (χ2n) is 11.7. The minimum Gasteiger partial charge on any atom is -0.333 e. The Morgan fingerprint density at radius 1 is 0.442 bits per heavy atom. The molecule has 1 aliphatic carbocycles. The first-order chi connectivity index (χ1) is 21.3. The molecule has 0 spiro atoms. The molecule has 1 heterocycles. The minimum absolute atomic E-state index is 0.258. The van der Waals surface area contributed by atoms with Gasteiger partial charge in [0.1, 0.15) is 0 Å². The lowest BCUT2D eigenvalue weighted by Gasteiger charge is -2.29. The molecule has 2 unspecified atom stereocenters. The highest BCUT2D eigenvalue weighted by molar-refractivity contribution is 6.20. The third-order valence-corrected chi connectivity index (χ3v) is 9.32. The van der Waals surface area contributed by atoms with Gasteiger partial charge in [-0.15, -0.1) is 0 Å². The van der Waals surface area contributed by atoms with Gasteiger partial charge in [0.05, 0.1) is 6.04 Å². The number of nitrogens with zero attached hydrogens (tertiary/aromatic N) is 1. The molecule has 2 atom stereocenters. The van der Waals surface area contributed by atoms with Gasteiger partial charge in [0.15, 0.2) is 0 Å². The van der Waals surface area contributed by atoms with Crippen molar-refractivity contribution in [3.8, 4) is 22.3 Å². The SMILES string of the molecule is C1=CC2c3ccccc3N(c3cc(-c4ccccc4)cc(-c4ccc5ccc6ccc7ccccc7c6c5c4)c3)C2C=C1. The molecule has 1 heteroatoms. The zero-order valence-corrected chi connectivity index (χ0v) is 23.7. The van der Waals surface area contributed by atoms with E-state index >= 15 is 0 Å². The number of allylic oxidation sites excluding steroid dienone is 2. The van der Waals surface area contributed by atoms with Crippen LogP contribution in [0.25, 0.3) is 54.6 Å². The van der Waals surface area contributed by atoms with E-state index in [0.29, 0.717) is 5.92 Å². The van der Waals surface area contributed by atoms with Crippen LogP contribution < -0.4 is 4.90 Å². The van der Waals surface area contributed by atoms with Crippen LogP contribution in [0.3, 0.4) is 0 Å². The predicted octanol–water partition coefficient (Wildman–Crippen LogP) is 11.2. The van der Waals surface area contributed by atoms with E-state index in [2.05, 4.69) is 169 Å². The number of rotatable bonds is 3. The van der Waals surface area contributed by atoms with Gasteiger partial charge in [-0.05, 0) is 90.5 Å². The fourth-order valence-electron chi connectivity index (χ4n) is 7.31. The highest BCUT2D eigenvalue weighted by atomic mass is 15.2. The normalized spacial score (nSPS) is 17.1. The van der Waals surface area contributed by atoms with Gasteiger partial charge in [-0.25, -0.2) is 0 Å². The van der Waals surface area contributed by atoms with Gasteiger partial charge in [0.2, 0.25) is 0 Å². The van der Waals surface area contributed by atoms with Gasteiger partial charge in [0.25, 0.3) is 0 Å². The summed E-state index contributed by atoms with van der Waals surface area (Å²) in [4.78, 5) is 2.54. The van der Waals surface area contributed by atoms with E-state index in [1.165, 1.54) is 71.5 Å². The molecule has 0 radical (unpaired) electrons. The zero-order valence-electron chi connectivity index (χ0n) is 23.7. The van der Waals surface area contributed by atoms with E-state index in [1.54, 1.807) is 0 Å². The molecule has 0 bridgehead atoms. The molecule has 2 aliphatic rings. The van der Waals surface area contributed by atoms with Crippen LogP contribution in [-0.2, 0) is 0 Å². The maximum Gasteiger partial charge on any atom is 0.0629 e. The highest BCUT2D eigenvalue weighted by Crippen LogP contribution is 2.49. The maximum atomic E-state index is 2.54. The smallest absolute Gasteiger partial charge is 0.0629 e. The lowest BCUT2D eigenvalue weighted by molar-refractivity contribution is 0.745. The van der Waals surface area contributed by atoms with Gasteiger partial charge in [-0.1, -0.05) is 133 Å². The van der Waals surface area contributed by atoms with E-state index in [0.717, 1.165) is 0 Å². The first kappa shape index (κ1) is 24.2. The van der Waals surface area contributed by atoms with Crippen molar-refractivity contribution in [2.45, 2.75) is 12.0 Å².